The number of esters is 1. The van der Waals surface area contributed by atoms with Crippen LogP contribution in [0.1, 0.15) is 122 Å². The van der Waals surface area contributed by atoms with Gasteiger partial charge in [0.25, 0.3) is 0 Å². The first kappa shape index (κ1) is 26.7. The molecule has 0 aromatic rings. The van der Waals surface area contributed by atoms with Crippen molar-refractivity contribution < 1.29 is 9.53 Å². The number of ether oxygens (including phenoxy) is 1. The van der Waals surface area contributed by atoms with Gasteiger partial charge in [-0.3, -0.25) is 9.79 Å². The molecule has 5 heteroatoms. The molecule has 28 heavy (non-hydrogen) atoms. The Labute approximate surface area is 174 Å². The number of carbonyl (C=O) groups is 1. The molecule has 166 valence electrons. The Morgan fingerprint density at radius 2 is 1.14 bits per heavy atom. The van der Waals surface area contributed by atoms with Crippen molar-refractivity contribution >= 4 is 11.9 Å². The fourth-order valence-corrected chi connectivity index (χ4v) is 3.32. The third kappa shape index (κ3) is 22.8. The molecule has 0 aliphatic carbocycles. The van der Waals surface area contributed by atoms with E-state index in [1.54, 1.807) is 0 Å². The zero-order chi connectivity index (χ0) is 20.7. The van der Waals surface area contributed by atoms with Crippen LogP contribution in [0.4, 0.5) is 0 Å². The summed E-state index contributed by atoms with van der Waals surface area (Å²) in [7, 11) is 0. The Morgan fingerprint density at radius 3 is 1.64 bits per heavy atom. The minimum absolute atomic E-state index is 0.0727. The van der Waals surface area contributed by atoms with Crippen LogP contribution in [0, 0.1) is 0 Å². The lowest BCUT2D eigenvalue weighted by Gasteiger charge is -2.05. The van der Waals surface area contributed by atoms with Gasteiger partial charge in [-0.1, -0.05) is 96.8 Å². The molecule has 5 nitrogen and oxygen atoms in total. The standard InChI is InChI=1S/C23H47N3O2/c1-2-3-4-5-6-7-8-9-10-11-12-13-14-18-21-28-22(27)19-16-15-17-20-26-23(24)25/h2-21H2,1H3,(H4,24,25,26). The Hall–Kier alpha value is -1.26. The molecule has 0 saturated heterocycles. The van der Waals surface area contributed by atoms with Crippen molar-refractivity contribution in [1.82, 2.24) is 0 Å². The molecule has 0 fully saturated rings. The molecule has 0 amide bonds. The molecule has 0 aliphatic heterocycles. The third-order valence-electron chi connectivity index (χ3n) is 5.09. The Morgan fingerprint density at radius 1 is 0.679 bits per heavy atom. The molecule has 0 aliphatic rings. The van der Waals surface area contributed by atoms with E-state index in [1.807, 2.05) is 0 Å². The molecule has 0 saturated carbocycles. The predicted octanol–water partition coefficient (Wildman–Crippen LogP) is 5.84. The number of aliphatic imine (C=N–C) groups is 1. The molecule has 0 aromatic carbocycles. The van der Waals surface area contributed by atoms with Gasteiger partial charge in [0.15, 0.2) is 5.96 Å². The highest BCUT2D eigenvalue weighted by Gasteiger charge is 2.02. The normalized spacial score (nSPS) is 10.8. The third-order valence-corrected chi connectivity index (χ3v) is 5.09. The van der Waals surface area contributed by atoms with Crippen LogP contribution in [-0.2, 0) is 9.53 Å². The minimum atomic E-state index is -0.0727. The molecule has 0 rings (SSSR count). The number of unbranched alkanes of at least 4 members (excludes halogenated alkanes) is 15. The largest absolute Gasteiger partial charge is 0.466 e. The van der Waals surface area contributed by atoms with Gasteiger partial charge in [-0.05, 0) is 19.3 Å². The summed E-state index contributed by atoms with van der Waals surface area (Å²) in [5.41, 5.74) is 10.5. The maximum atomic E-state index is 11.6. The minimum Gasteiger partial charge on any atom is -0.466 e. The first-order chi connectivity index (χ1) is 13.7. The van der Waals surface area contributed by atoms with Crippen LogP contribution in [0.3, 0.4) is 0 Å². The monoisotopic (exact) mass is 397 g/mol. The molecule has 0 bridgehead atoms. The smallest absolute Gasteiger partial charge is 0.305 e. The molecule has 0 radical (unpaired) electrons. The molecule has 4 N–H and O–H groups in total. The molecule has 0 atom stereocenters. The van der Waals surface area contributed by atoms with Crippen molar-refractivity contribution in [3.05, 3.63) is 0 Å². The van der Waals surface area contributed by atoms with Gasteiger partial charge in [0.05, 0.1) is 6.61 Å². The maximum Gasteiger partial charge on any atom is 0.305 e. The van der Waals surface area contributed by atoms with Crippen molar-refractivity contribution in [2.45, 2.75) is 122 Å². The summed E-state index contributed by atoms with van der Waals surface area (Å²) in [6, 6.07) is 0. The maximum absolute atomic E-state index is 11.6. The topological polar surface area (TPSA) is 90.7 Å². The van der Waals surface area contributed by atoms with Gasteiger partial charge < -0.3 is 16.2 Å². The first-order valence-corrected chi connectivity index (χ1v) is 11.9. The number of hydrogen-bond donors (Lipinski definition) is 2. The molecule has 0 unspecified atom stereocenters. The summed E-state index contributed by atoms with van der Waals surface area (Å²) >= 11 is 0. The van der Waals surface area contributed by atoms with Gasteiger partial charge in [-0.2, -0.15) is 0 Å². The second-order valence-electron chi connectivity index (χ2n) is 7.93. The molecule has 0 aromatic heterocycles. The van der Waals surface area contributed by atoms with Crippen molar-refractivity contribution in [2.24, 2.45) is 16.5 Å². The lowest BCUT2D eigenvalue weighted by molar-refractivity contribution is -0.143. The summed E-state index contributed by atoms with van der Waals surface area (Å²) in [5.74, 6) is 0.0594. The average molecular weight is 398 g/mol. The van der Waals surface area contributed by atoms with Gasteiger partial charge in [-0.25, -0.2) is 0 Å². The van der Waals surface area contributed by atoms with E-state index in [4.69, 9.17) is 16.2 Å². The summed E-state index contributed by atoms with van der Waals surface area (Å²) in [6.45, 7) is 3.48. The quantitative estimate of drug-likeness (QED) is 0.110. The van der Waals surface area contributed by atoms with E-state index in [2.05, 4.69) is 11.9 Å². The fourth-order valence-electron chi connectivity index (χ4n) is 3.32. The molecular formula is C23H47N3O2. The molecular weight excluding hydrogens is 350 g/mol. The van der Waals surface area contributed by atoms with Gasteiger partial charge in [-0.15, -0.1) is 0 Å². The first-order valence-electron chi connectivity index (χ1n) is 11.9. The van der Waals surface area contributed by atoms with Gasteiger partial charge in [0, 0.05) is 13.0 Å². The van der Waals surface area contributed by atoms with Gasteiger partial charge >= 0.3 is 5.97 Å². The van der Waals surface area contributed by atoms with Gasteiger partial charge in [0.2, 0.25) is 0 Å². The van der Waals surface area contributed by atoms with Crippen molar-refractivity contribution in [3.63, 3.8) is 0 Å². The summed E-state index contributed by atoms with van der Waals surface area (Å²) in [5, 5.41) is 0. The number of nitrogens with zero attached hydrogens (tertiary/aromatic N) is 1. The van der Waals surface area contributed by atoms with Crippen molar-refractivity contribution in [3.8, 4) is 0 Å². The van der Waals surface area contributed by atoms with Gasteiger partial charge in [0.1, 0.15) is 0 Å². The van der Waals surface area contributed by atoms with Crippen LogP contribution in [0.25, 0.3) is 0 Å². The van der Waals surface area contributed by atoms with Crippen molar-refractivity contribution in [2.75, 3.05) is 13.2 Å². The van der Waals surface area contributed by atoms with E-state index in [1.165, 1.54) is 83.5 Å². The summed E-state index contributed by atoms with van der Waals surface area (Å²) in [4.78, 5) is 15.5. The number of guanidine groups is 1. The molecule has 0 heterocycles. The second kappa shape index (κ2) is 22.0. The Balaban J connectivity index is 3.16. The highest BCUT2D eigenvalue weighted by molar-refractivity contribution is 5.75. The van der Waals surface area contributed by atoms with E-state index in [0.29, 0.717) is 19.6 Å². The number of nitrogens with two attached hydrogens (primary N) is 2. The Kier molecular flexibility index (Phi) is 21.0. The van der Waals surface area contributed by atoms with E-state index in [-0.39, 0.29) is 11.9 Å². The SMILES string of the molecule is CCCCCCCCCCCCCCCCOC(=O)CCCCCN=C(N)N. The van der Waals surface area contributed by atoms with Crippen molar-refractivity contribution in [1.29, 1.82) is 0 Å². The highest BCUT2D eigenvalue weighted by atomic mass is 16.5. The predicted molar refractivity (Wildman–Crippen MR) is 120 cm³/mol. The lowest BCUT2D eigenvalue weighted by atomic mass is 10.0. The zero-order valence-corrected chi connectivity index (χ0v) is 18.6. The van der Waals surface area contributed by atoms with E-state index in [9.17, 15) is 4.79 Å². The number of hydrogen-bond acceptors (Lipinski definition) is 3. The number of carbonyl (C=O) groups excluding carboxylic acids is 1. The lowest BCUT2D eigenvalue weighted by Crippen LogP contribution is -2.22. The van der Waals surface area contributed by atoms with Crippen LogP contribution in [-0.4, -0.2) is 25.1 Å². The fraction of sp³-hybridized carbons (Fsp3) is 0.913. The van der Waals surface area contributed by atoms with E-state index in [0.717, 1.165) is 25.7 Å². The van der Waals surface area contributed by atoms with E-state index >= 15 is 0 Å². The van der Waals surface area contributed by atoms with Crippen LogP contribution in [0.15, 0.2) is 4.99 Å². The number of rotatable bonds is 21. The van der Waals surface area contributed by atoms with E-state index < -0.39 is 0 Å². The van der Waals surface area contributed by atoms with Crippen LogP contribution >= 0.6 is 0 Å². The van der Waals surface area contributed by atoms with Crippen LogP contribution in [0.2, 0.25) is 0 Å². The molecule has 0 spiro atoms. The van der Waals surface area contributed by atoms with Crippen LogP contribution in [0.5, 0.6) is 0 Å². The zero-order valence-electron chi connectivity index (χ0n) is 18.6. The Bertz CT molecular complexity index is 369. The highest BCUT2D eigenvalue weighted by Crippen LogP contribution is 2.13. The van der Waals surface area contributed by atoms with Crippen LogP contribution < -0.4 is 11.5 Å². The summed E-state index contributed by atoms with van der Waals surface area (Å²) < 4.78 is 5.29. The second-order valence-corrected chi connectivity index (χ2v) is 7.93. The average Bonchev–Trinajstić information content (AvgIpc) is 2.67. The summed E-state index contributed by atoms with van der Waals surface area (Å²) in [6.07, 6.45) is 21.9.